The number of halogens is 1. The van der Waals surface area contributed by atoms with Crippen LogP contribution in [0.5, 0.6) is 0 Å². The second-order valence-corrected chi connectivity index (χ2v) is 11.3. The lowest BCUT2D eigenvalue weighted by Crippen LogP contribution is -2.50. The van der Waals surface area contributed by atoms with Crippen molar-refractivity contribution in [3.05, 3.63) is 34.8 Å². The molecule has 0 spiro atoms. The number of amides is 2. The van der Waals surface area contributed by atoms with Crippen molar-refractivity contribution < 1.29 is 18.5 Å². The van der Waals surface area contributed by atoms with E-state index in [1.807, 2.05) is 4.90 Å². The molecule has 3 aliphatic rings. The maximum atomic E-state index is 13.8. The molecule has 1 aliphatic heterocycles. The number of carbonyl (C=O) groups excluding carboxylic acids is 2. The normalized spacial score (nSPS) is 27.3. The molecule has 0 radical (unpaired) electrons. The first-order valence-electron chi connectivity index (χ1n) is 14.0. The second-order valence-electron chi connectivity index (χ2n) is 11.3. The van der Waals surface area contributed by atoms with Gasteiger partial charge in [0, 0.05) is 29.8 Å². The van der Waals surface area contributed by atoms with E-state index in [0.29, 0.717) is 42.4 Å². The Morgan fingerprint density at radius 2 is 1.79 bits per heavy atom. The lowest BCUT2D eigenvalue weighted by Gasteiger charge is -2.36. The molecule has 3 atom stereocenters. The zero-order chi connectivity index (χ0) is 26.6. The third-order valence-electron chi connectivity index (χ3n) is 9.02. The van der Waals surface area contributed by atoms with Gasteiger partial charge in [-0.3, -0.25) is 9.59 Å². The Labute approximate surface area is 221 Å². The summed E-state index contributed by atoms with van der Waals surface area (Å²) in [5.41, 5.74) is 7.20. The van der Waals surface area contributed by atoms with E-state index in [9.17, 15) is 18.8 Å². The highest BCUT2D eigenvalue weighted by Gasteiger charge is 2.46. The summed E-state index contributed by atoms with van der Waals surface area (Å²) in [4.78, 5) is 44.3. The van der Waals surface area contributed by atoms with E-state index in [2.05, 4.69) is 20.0 Å². The van der Waals surface area contributed by atoms with Crippen LogP contribution in [0.2, 0.25) is 0 Å². The monoisotopic (exact) mass is 527 g/mol. The minimum atomic E-state index is -0.698. The standard InChI is InChI=1S/C28H38FN5O4/c29-16-23(30)18-6-8-20(9-7-18)27(36)34-15-14-22(17-4-2-1-3-5-17)24(34)26(35)31-21-12-10-19(11-13-21)25-32-28(37)38-33-25/h10-13,17-18,20,22-24H,1-9,14-16,30H2,(H,31,35)(H,32,33,37)/t18-,20-,22-,23+,24-/m0/s1. The van der Waals surface area contributed by atoms with Crippen LogP contribution < -0.4 is 16.8 Å². The number of nitrogens with two attached hydrogens (primary N) is 1. The highest BCUT2D eigenvalue weighted by Crippen LogP contribution is 2.41. The molecule has 0 unspecified atom stereocenters. The van der Waals surface area contributed by atoms with Gasteiger partial charge < -0.3 is 20.5 Å². The molecule has 1 aromatic heterocycles. The van der Waals surface area contributed by atoms with Gasteiger partial charge in [0.05, 0.1) is 0 Å². The fraction of sp³-hybridized carbons (Fsp3) is 0.643. The van der Waals surface area contributed by atoms with E-state index in [1.54, 1.807) is 24.3 Å². The van der Waals surface area contributed by atoms with Crippen molar-refractivity contribution in [1.29, 1.82) is 0 Å². The van der Waals surface area contributed by atoms with Gasteiger partial charge in [0.1, 0.15) is 12.7 Å². The number of aromatic nitrogens is 2. The van der Waals surface area contributed by atoms with Crippen LogP contribution in [0.1, 0.15) is 64.2 Å². The third kappa shape index (κ3) is 5.70. The highest BCUT2D eigenvalue weighted by atomic mass is 19.1. The fourth-order valence-corrected chi connectivity index (χ4v) is 6.89. The molecule has 2 aromatic rings. The van der Waals surface area contributed by atoms with Crippen LogP contribution in [0, 0.1) is 23.7 Å². The second kappa shape index (κ2) is 11.8. The molecule has 5 rings (SSSR count). The van der Waals surface area contributed by atoms with Crippen molar-refractivity contribution in [1.82, 2.24) is 15.0 Å². The van der Waals surface area contributed by atoms with E-state index >= 15 is 0 Å². The number of nitrogens with one attached hydrogen (secondary N) is 2. The first kappa shape index (κ1) is 26.6. The van der Waals surface area contributed by atoms with Crippen molar-refractivity contribution in [2.24, 2.45) is 29.4 Å². The average Bonchev–Trinajstić information content (AvgIpc) is 3.60. The Bertz CT molecular complexity index is 1150. The number of rotatable bonds is 7. The number of aromatic amines is 1. The van der Waals surface area contributed by atoms with Crippen LogP contribution in [0.3, 0.4) is 0 Å². The number of nitrogens with zero attached hydrogens (tertiary/aromatic N) is 2. The Balaban J connectivity index is 1.30. The third-order valence-corrected chi connectivity index (χ3v) is 9.02. The Morgan fingerprint density at radius 3 is 2.42 bits per heavy atom. The highest BCUT2D eigenvalue weighted by molar-refractivity contribution is 5.98. The van der Waals surface area contributed by atoms with E-state index in [4.69, 9.17) is 5.73 Å². The molecule has 3 fully saturated rings. The molecule has 1 aromatic carbocycles. The van der Waals surface area contributed by atoms with Crippen LogP contribution in [0.25, 0.3) is 11.4 Å². The summed E-state index contributed by atoms with van der Waals surface area (Å²) in [6.07, 6.45) is 9.53. The summed E-state index contributed by atoms with van der Waals surface area (Å²) < 4.78 is 17.7. The number of H-pyrrole nitrogens is 1. The van der Waals surface area contributed by atoms with E-state index in [0.717, 1.165) is 32.1 Å². The largest absolute Gasteiger partial charge is 0.460 e. The van der Waals surface area contributed by atoms with E-state index < -0.39 is 24.5 Å². The van der Waals surface area contributed by atoms with Gasteiger partial charge in [-0.25, -0.2) is 9.18 Å². The lowest BCUT2D eigenvalue weighted by atomic mass is 9.76. The van der Waals surface area contributed by atoms with Crippen LogP contribution in [0.15, 0.2) is 33.6 Å². The summed E-state index contributed by atoms with van der Waals surface area (Å²) in [5.74, 6) is 0.105. The summed E-state index contributed by atoms with van der Waals surface area (Å²) in [7, 11) is 0. The fourth-order valence-electron chi connectivity index (χ4n) is 6.89. The molecule has 2 aliphatic carbocycles. The smallest absolute Gasteiger partial charge is 0.330 e. The average molecular weight is 528 g/mol. The maximum absolute atomic E-state index is 13.8. The van der Waals surface area contributed by atoms with Crippen LogP contribution in [-0.2, 0) is 9.59 Å². The summed E-state index contributed by atoms with van der Waals surface area (Å²) in [6, 6.07) is 6.06. The van der Waals surface area contributed by atoms with Gasteiger partial charge in [0.25, 0.3) is 0 Å². The number of anilines is 1. The number of benzene rings is 1. The summed E-state index contributed by atoms with van der Waals surface area (Å²) in [5, 5.41) is 5.52. The number of carbonyl (C=O) groups is 2. The topological polar surface area (TPSA) is 134 Å². The van der Waals surface area contributed by atoms with E-state index in [-0.39, 0.29) is 29.6 Å². The number of hydrogen-bond acceptors (Lipinski definition) is 6. The summed E-state index contributed by atoms with van der Waals surface area (Å²) in [6.45, 7) is 0.0681. The molecule has 10 heteroatoms. The molecule has 1 saturated heterocycles. The van der Waals surface area contributed by atoms with Crippen molar-refractivity contribution in [2.45, 2.75) is 76.3 Å². The van der Waals surface area contributed by atoms with Gasteiger partial charge >= 0.3 is 5.76 Å². The molecule has 2 saturated carbocycles. The van der Waals surface area contributed by atoms with Crippen molar-refractivity contribution in [3.8, 4) is 11.4 Å². The number of alkyl halides is 1. The first-order chi connectivity index (χ1) is 18.4. The molecule has 0 bridgehead atoms. The molecule has 2 heterocycles. The van der Waals surface area contributed by atoms with Gasteiger partial charge in [-0.05, 0) is 74.1 Å². The van der Waals surface area contributed by atoms with Gasteiger partial charge in [-0.15, -0.1) is 0 Å². The van der Waals surface area contributed by atoms with Crippen molar-refractivity contribution >= 4 is 17.5 Å². The quantitative estimate of drug-likeness (QED) is 0.500. The molecular weight excluding hydrogens is 489 g/mol. The molecule has 38 heavy (non-hydrogen) atoms. The predicted octanol–water partition coefficient (Wildman–Crippen LogP) is 3.87. The molecular formula is C28H38FN5O4. The van der Waals surface area contributed by atoms with Crippen molar-refractivity contribution in [3.63, 3.8) is 0 Å². The zero-order valence-corrected chi connectivity index (χ0v) is 21.7. The number of hydrogen-bond donors (Lipinski definition) is 3. The van der Waals surface area contributed by atoms with Gasteiger partial charge in [0.15, 0.2) is 5.82 Å². The maximum Gasteiger partial charge on any atom is 0.460 e. The Morgan fingerprint density at radius 1 is 1.08 bits per heavy atom. The molecule has 2 amide bonds. The molecule has 4 N–H and O–H groups in total. The minimum Gasteiger partial charge on any atom is -0.330 e. The Kier molecular flexibility index (Phi) is 8.26. The van der Waals surface area contributed by atoms with Crippen LogP contribution in [-0.4, -0.2) is 52.2 Å². The molecule has 9 nitrogen and oxygen atoms in total. The zero-order valence-electron chi connectivity index (χ0n) is 21.7. The van der Waals surface area contributed by atoms with Gasteiger partial charge in [-0.2, -0.15) is 10.1 Å². The Hall–Kier alpha value is -3.01. The predicted molar refractivity (Wildman–Crippen MR) is 141 cm³/mol. The van der Waals surface area contributed by atoms with Gasteiger partial charge in [-0.1, -0.05) is 32.1 Å². The first-order valence-corrected chi connectivity index (χ1v) is 14.0. The lowest BCUT2D eigenvalue weighted by molar-refractivity contribution is -0.142. The van der Waals surface area contributed by atoms with Gasteiger partial charge in [0.2, 0.25) is 11.8 Å². The minimum absolute atomic E-state index is 0.0565. The van der Waals surface area contributed by atoms with Crippen LogP contribution >= 0.6 is 0 Å². The van der Waals surface area contributed by atoms with E-state index in [1.165, 1.54) is 19.3 Å². The summed E-state index contributed by atoms with van der Waals surface area (Å²) >= 11 is 0. The molecule has 206 valence electrons. The van der Waals surface area contributed by atoms with Crippen LogP contribution in [0.4, 0.5) is 10.1 Å². The SMILES string of the molecule is N[C@H](CF)[C@H]1CC[C@H](C(=O)N2CC[C@@H](C3CCCCC3)[C@H]2C(=O)Nc2ccc(-c3nc(=O)o[nH]3)cc2)CC1. The number of likely N-dealkylation sites (tertiary alicyclic amines) is 1. The van der Waals surface area contributed by atoms with Crippen molar-refractivity contribution in [2.75, 3.05) is 18.5 Å².